The maximum Gasteiger partial charge on any atom is 0.304 e. The van der Waals surface area contributed by atoms with E-state index in [2.05, 4.69) is 6.92 Å². The van der Waals surface area contributed by atoms with Crippen molar-refractivity contribution in [2.45, 2.75) is 26.3 Å². The summed E-state index contributed by atoms with van der Waals surface area (Å²) < 4.78 is 5.50. The highest BCUT2D eigenvalue weighted by atomic mass is 16.5. The lowest BCUT2D eigenvalue weighted by Gasteiger charge is -2.15. The number of hydrogen-bond donors (Lipinski definition) is 1. The maximum atomic E-state index is 10.5. The number of carboxylic acids is 1. The van der Waals surface area contributed by atoms with Gasteiger partial charge in [0.1, 0.15) is 5.75 Å². The fraction of sp³-hybridized carbons (Fsp3) is 0.500. The van der Waals surface area contributed by atoms with Gasteiger partial charge in [0.2, 0.25) is 0 Å². The van der Waals surface area contributed by atoms with Crippen LogP contribution in [0.25, 0.3) is 0 Å². The van der Waals surface area contributed by atoms with Crippen LogP contribution in [-0.2, 0) is 11.3 Å². The normalized spacial score (nSPS) is 10.6. The average Bonchev–Trinajstić information content (AvgIpc) is 2.35. The summed E-state index contributed by atoms with van der Waals surface area (Å²) in [6, 6.07) is 7.94. The molecule has 4 nitrogen and oxygen atoms in total. The smallest absolute Gasteiger partial charge is 0.304 e. The largest absolute Gasteiger partial charge is 0.494 e. The van der Waals surface area contributed by atoms with Gasteiger partial charge >= 0.3 is 5.97 Å². The van der Waals surface area contributed by atoms with E-state index < -0.39 is 5.97 Å². The number of aliphatic carboxylic acids is 1. The fourth-order valence-corrected chi connectivity index (χ4v) is 1.59. The molecule has 18 heavy (non-hydrogen) atoms. The van der Waals surface area contributed by atoms with Crippen molar-refractivity contribution in [1.29, 1.82) is 0 Å². The van der Waals surface area contributed by atoms with Crippen molar-refractivity contribution in [3.05, 3.63) is 29.8 Å². The van der Waals surface area contributed by atoms with Gasteiger partial charge in [-0.2, -0.15) is 0 Å². The summed E-state index contributed by atoms with van der Waals surface area (Å²) in [4.78, 5) is 12.5. The standard InChI is InChI=1S/C14H21NO3/c1-3-10-18-13-6-4-12(5-7-13)11-15(2)9-8-14(16)17/h4-7H,3,8-11H2,1-2H3,(H,16,17). The zero-order chi connectivity index (χ0) is 13.4. The summed E-state index contributed by atoms with van der Waals surface area (Å²) in [7, 11) is 1.92. The first-order valence-electron chi connectivity index (χ1n) is 6.24. The van der Waals surface area contributed by atoms with E-state index in [0.29, 0.717) is 6.54 Å². The van der Waals surface area contributed by atoms with Crippen molar-refractivity contribution in [1.82, 2.24) is 4.90 Å². The van der Waals surface area contributed by atoms with Crippen LogP contribution in [0.5, 0.6) is 5.75 Å². The Morgan fingerprint density at radius 2 is 2.00 bits per heavy atom. The molecule has 1 aromatic carbocycles. The minimum absolute atomic E-state index is 0.175. The molecule has 1 N–H and O–H groups in total. The Balaban J connectivity index is 2.40. The van der Waals surface area contributed by atoms with E-state index >= 15 is 0 Å². The first-order chi connectivity index (χ1) is 8.61. The molecular weight excluding hydrogens is 230 g/mol. The molecule has 0 aromatic heterocycles. The lowest BCUT2D eigenvalue weighted by molar-refractivity contribution is -0.137. The first kappa shape index (κ1) is 14.5. The quantitative estimate of drug-likeness (QED) is 0.770. The molecule has 0 bridgehead atoms. The molecule has 4 heteroatoms. The zero-order valence-corrected chi connectivity index (χ0v) is 11.1. The molecule has 0 amide bonds. The van der Waals surface area contributed by atoms with Gasteiger partial charge in [0.25, 0.3) is 0 Å². The van der Waals surface area contributed by atoms with E-state index in [9.17, 15) is 4.79 Å². The van der Waals surface area contributed by atoms with E-state index in [4.69, 9.17) is 9.84 Å². The Kier molecular flexibility index (Phi) is 6.22. The Labute approximate surface area is 108 Å². The molecule has 0 fully saturated rings. The third kappa shape index (κ3) is 5.68. The molecule has 0 aliphatic heterocycles. The summed E-state index contributed by atoms with van der Waals surface area (Å²) in [5.41, 5.74) is 1.16. The zero-order valence-electron chi connectivity index (χ0n) is 11.1. The Morgan fingerprint density at radius 3 is 2.56 bits per heavy atom. The van der Waals surface area contributed by atoms with Crippen LogP contribution in [0.4, 0.5) is 0 Å². The molecule has 1 rings (SSSR count). The minimum Gasteiger partial charge on any atom is -0.494 e. The number of carbonyl (C=O) groups is 1. The molecule has 0 spiro atoms. The first-order valence-corrected chi connectivity index (χ1v) is 6.24. The second kappa shape index (κ2) is 7.71. The summed E-state index contributed by atoms with van der Waals surface area (Å²) in [5.74, 6) is 0.124. The Hall–Kier alpha value is -1.55. The van der Waals surface area contributed by atoms with Crippen LogP contribution < -0.4 is 4.74 Å². The summed E-state index contributed by atoms with van der Waals surface area (Å²) >= 11 is 0. The van der Waals surface area contributed by atoms with Gasteiger partial charge in [-0.15, -0.1) is 0 Å². The summed E-state index contributed by atoms with van der Waals surface area (Å²) in [6.07, 6.45) is 1.17. The number of hydrogen-bond acceptors (Lipinski definition) is 3. The summed E-state index contributed by atoms with van der Waals surface area (Å²) in [6.45, 7) is 4.12. The molecule has 0 unspecified atom stereocenters. The van der Waals surface area contributed by atoms with E-state index in [-0.39, 0.29) is 6.42 Å². The topological polar surface area (TPSA) is 49.8 Å². The van der Waals surface area contributed by atoms with Gasteiger partial charge in [0.05, 0.1) is 13.0 Å². The molecule has 0 saturated heterocycles. The van der Waals surface area contributed by atoms with Crippen LogP contribution in [0.15, 0.2) is 24.3 Å². The van der Waals surface area contributed by atoms with E-state index in [1.807, 2.05) is 36.2 Å². The van der Waals surface area contributed by atoms with Gasteiger partial charge < -0.3 is 14.7 Å². The third-order valence-electron chi connectivity index (χ3n) is 2.56. The van der Waals surface area contributed by atoms with E-state index in [1.54, 1.807) is 0 Å². The SMILES string of the molecule is CCCOc1ccc(CN(C)CCC(=O)O)cc1. The van der Waals surface area contributed by atoms with Crippen molar-refractivity contribution in [2.75, 3.05) is 20.2 Å². The number of rotatable bonds is 8. The molecule has 0 aliphatic carbocycles. The summed E-state index contributed by atoms with van der Waals surface area (Å²) in [5, 5.41) is 8.60. The molecule has 0 heterocycles. The second-order valence-electron chi connectivity index (χ2n) is 4.37. The van der Waals surface area contributed by atoms with Crippen molar-refractivity contribution < 1.29 is 14.6 Å². The number of benzene rings is 1. The molecule has 0 aliphatic rings. The average molecular weight is 251 g/mol. The third-order valence-corrected chi connectivity index (χ3v) is 2.56. The van der Waals surface area contributed by atoms with Gasteiger partial charge in [-0.1, -0.05) is 19.1 Å². The highest BCUT2D eigenvalue weighted by Crippen LogP contribution is 2.13. The predicted molar refractivity (Wildman–Crippen MR) is 70.8 cm³/mol. The Morgan fingerprint density at radius 1 is 1.33 bits per heavy atom. The van der Waals surface area contributed by atoms with Crippen LogP contribution in [-0.4, -0.2) is 36.2 Å². The molecule has 100 valence electrons. The lowest BCUT2D eigenvalue weighted by atomic mass is 10.2. The van der Waals surface area contributed by atoms with Gasteiger partial charge in [-0.3, -0.25) is 4.79 Å². The van der Waals surface area contributed by atoms with Crippen molar-refractivity contribution >= 4 is 5.97 Å². The molecular formula is C14H21NO3. The number of carboxylic acid groups (broad SMARTS) is 1. The molecule has 0 radical (unpaired) electrons. The van der Waals surface area contributed by atoms with E-state index in [1.165, 1.54) is 0 Å². The highest BCUT2D eigenvalue weighted by molar-refractivity contribution is 5.66. The molecule has 1 aromatic rings. The van der Waals surface area contributed by atoms with Crippen LogP contribution in [0, 0.1) is 0 Å². The van der Waals surface area contributed by atoms with Crippen LogP contribution >= 0.6 is 0 Å². The van der Waals surface area contributed by atoms with Crippen molar-refractivity contribution in [3.8, 4) is 5.75 Å². The highest BCUT2D eigenvalue weighted by Gasteiger charge is 2.03. The van der Waals surface area contributed by atoms with Crippen LogP contribution in [0.1, 0.15) is 25.3 Å². The van der Waals surface area contributed by atoms with Gasteiger partial charge in [-0.05, 0) is 31.2 Å². The lowest BCUT2D eigenvalue weighted by Crippen LogP contribution is -2.21. The maximum absolute atomic E-state index is 10.5. The van der Waals surface area contributed by atoms with E-state index in [0.717, 1.165) is 30.9 Å². The Bertz CT molecular complexity index is 362. The number of nitrogens with zero attached hydrogens (tertiary/aromatic N) is 1. The fourth-order valence-electron chi connectivity index (χ4n) is 1.59. The van der Waals surface area contributed by atoms with Gasteiger partial charge in [0.15, 0.2) is 0 Å². The minimum atomic E-state index is -0.759. The number of ether oxygens (including phenoxy) is 1. The van der Waals surface area contributed by atoms with Crippen LogP contribution in [0.2, 0.25) is 0 Å². The monoisotopic (exact) mass is 251 g/mol. The molecule has 0 atom stereocenters. The van der Waals surface area contributed by atoms with Crippen molar-refractivity contribution in [2.24, 2.45) is 0 Å². The molecule has 0 saturated carbocycles. The van der Waals surface area contributed by atoms with Gasteiger partial charge in [-0.25, -0.2) is 0 Å². The van der Waals surface area contributed by atoms with Crippen LogP contribution in [0.3, 0.4) is 0 Å². The second-order valence-corrected chi connectivity index (χ2v) is 4.37. The van der Waals surface area contributed by atoms with Crippen molar-refractivity contribution in [3.63, 3.8) is 0 Å². The predicted octanol–water partition coefficient (Wildman–Crippen LogP) is 2.38. The van der Waals surface area contributed by atoms with Gasteiger partial charge in [0, 0.05) is 13.1 Å².